The van der Waals surface area contributed by atoms with Crippen molar-refractivity contribution < 1.29 is 4.74 Å². The van der Waals surface area contributed by atoms with E-state index in [0.29, 0.717) is 12.6 Å². The molecule has 0 aliphatic rings. The van der Waals surface area contributed by atoms with Crippen molar-refractivity contribution in [3.05, 3.63) is 35.9 Å². The van der Waals surface area contributed by atoms with Crippen LogP contribution in [-0.4, -0.2) is 37.5 Å². The third-order valence-electron chi connectivity index (χ3n) is 2.86. The molecule has 1 aromatic carbocycles. The molecule has 0 unspecified atom stereocenters. The number of methoxy groups -OCH3 is 1. The Morgan fingerprint density at radius 1 is 1.35 bits per heavy atom. The lowest BCUT2D eigenvalue weighted by Crippen LogP contribution is -2.31. The fourth-order valence-electron chi connectivity index (χ4n) is 1.74. The van der Waals surface area contributed by atoms with Crippen molar-refractivity contribution in [2.75, 3.05) is 20.8 Å². The summed E-state index contributed by atoms with van der Waals surface area (Å²) in [5, 5.41) is 6.60. The van der Waals surface area contributed by atoms with E-state index in [1.54, 1.807) is 7.11 Å². The maximum absolute atomic E-state index is 5.19. The molecule has 0 radical (unpaired) electrons. The van der Waals surface area contributed by atoms with Crippen LogP contribution in [0.2, 0.25) is 0 Å². The zero-order valence-electron chi connectivity index (χ0n) is 11.2. The average molecular weight is 234 g/mol. The van der Waals surface area contributed by atoms with Gasteiger partial charge in [-0.3, -0.25) is 5.01 Å². The van der Waals surface area contributed by atoms with Gasteiger partial charge in [0.2, 0.25) is 0 Å². The van der Waals surface area contributed by atoms with Crippen LogP contribution in [0.1, 0.15) is 25.8 Å². The standard InChI is InChI=1S/C14H22N2O/c1-5-14(11-17-4)16(3)15-12(2)13-9-7-6-8-10-13/h6-10,14H,5,11H2,1-4H3/b15-12+/t14-/m1/s1. The molecule has 0 aliphatic carbocycles. The van der Waals surface area contributed by atoms with Crippen LogP contribution in [0.15, 0.2) is 35.4 Å². The number of ether oxygens (including phenoxy) is 1. The first kappa shape index (κ1) is 13.7. The van der Waals surface area contributed by atoms with Crippen LogP contribution in [-0.2, 0) is 4.74 Å². The van der Waals surface area contributed by atoms with Gasteiger partial charge in [0.1, 0.15) is 0 Å². The monoisotopic (exact) mass is 234 g/mol. The molecule has 17 heavy (non-hydrogen) atoms. The number of rotatable bonds is 6. The van der Waals surface area contributed by atoms with Gasteiger partial charge in [0, 0.05) is 14.2 Å². The summed E-state index contributed by atoms with van der Waals surface area (Å²) in [7, 11) is 3.73. The van der Waals surface area contributed by atoms with E-state index in [9.17, 15) is 0 Å². The van der Waals surface area contributed by atoms with E-state index in [4.69, 9.17) is 4.74 Å². The summed E-state index contributed by atoms with van der Waals surface area (Å²) in [6, 6.07) is 10.6. The zero-order chi connectivity index (χ0) is 12.7. The summed E-state index contributed by atoms with van der Waals surface area (Å²) in [6.07, 6.45) is 1.02. The third kappa shape index (κ3) is 4.19. The van der Waals surface area contributed by atoms with Crippen molar-refractivity contribution in [3.63, 3.8) is 0 Å². The summed E-state index contributed by atoms with van der Waals surface area (Å²) in [4.78, 5) is 0. The Hall–Kier alpha value is -1.35. The molecule has 0 aromatic heterocycles. The van der Waals surface area contributed by atoms with Crippen LogP contribution in [0.25, 0.3) is 0 Å². The van der Waals surface area contributed by atoms with Crippen LogP contribution in [0, 0.1) is 0 Å². The molecule has 94 valence electrons. The van der Waals surface area contributed by atoms with Gasteiger partial charge in [-0.2, -0.15) is 5.10 Å². The summed E-state index contributed by atoms with van der Waals surface area (Å²) < 4.78 is 5.19. The molecule has 1 aromatic rings. The van der Waals surface area contributed by atoms with Gasteiger partial charge in [0.15, 0.2) is 0 Å². The minimum atomic E-state index is 0.332. The number of likely N-dealkylation sites (N-methyl/N-ethyl adjacent to an activating group) is 1. The second-order valence-corrected chi connectivity index (χ2v) is 4.14. The predicted octanol–water partition coefficient (Wildman–Crippen LogP) is 2.77. The van der Waals surface area contributed by atoms with Crippen molar-refractivity contribution in [1.29, 1.82) is 0 Å². The summed E-state index contributed by atoms with van der Waals surface area (Å²) in [6.45, 7) is 4.89. The molecule has 0 saturated heterocycles. The van der Waals surface area contributed by atoms with Gasteiger partial charge in [-0.05, 0) is 18.9 Å². The van der Waals surface area contributed by atoms with E-state index in [0.717, 1.165) is 17.7 Å². The lowest BCUT2D eigenvalue weighted by atomic mass is 10.1. The Labute approximate surface area is 104 Å². The smallest absolute Gasteiger partial charge is 0.0698 e. The SMILES string of the molecule is CC[C@H](COC)N(C)/N=C(\C)c1ccccc1. The summed E-state index contributed by atoms with van der Waals surface area (Å²) in [5.74, 6) is 0. The van der Waals surface area contributed by atoms with E-state index in [1.807, 2.05) is 37.2 Å². The van der Waals surface area contributed by atoms with Crippen LogP contribution in [0.5, 0.6) is 0 Å². The van der Waals surface area contributed by atoms with Gasteiger partial charge in [0.25, 0.3) is 0 Å². The quantitative estimate of drug-likeness (QED) is 0.558. The van der Waals surface area contributed by atoms with Crippen LogP contribution in [0.3, 0.4) is 0 Å². The zero-order valence-corrected chi connectivity index (χ0v) is 11.2. The van der Waals surface area contributed by atoms with Gasteiger partial charge < -0.3 is 4.74 Å². The molecule has 0 saturated carbocycles. The molecule has 3 nitrogen and oxygen atoms in total. The molecule has 1 rings (SSSR count). The third-order valence-corrected chi connectivity index (χ3v) is 2.86. The molecule has 0 aliphatic heterocycles. The molecule has 0 N–H and O–H groups in total. The Morgan fingerprint density at radius 2 is 2.00 bits per heavy atom. The van der Waals surface area contributed by atoms with E-state index < -0.39 is 0 Å². The van der Waals surface area contributed by atoms with E-state index >= 15 is 0 Å². The van der Waals surface area contributed by atoms with Crippen LogP contribution < -0.4 is 0 Å². The van der Waals surface area contributed by atoms with Crippen molar-refractivity contribution in [3.8, 4) is 0 Å². The lowest BCUT2D eigenvalue weighted by molar-refractivity contribution is 0.106. The number of hydrazone groups is 1. The molecule has 1 atom stereocenters. The number of hydrogen-bond acceptors (Lipinski definition) is 3. The Bertz CT molecular complexity index is 348. The highest BCUT2D eigenvalue weighted by molar-refractivity contribution is 5.98. The van der Waals surface area contributed by atoms with Crippen LogP contribution >= 0.6 is 0 Å². The van der Waals surface area contributed by atoms with Gasteiger partial charge in [0.05, 0.1) is 18.4 Å². The van der Waals surface area contributed by atoms with Gasteiger partial charge in [-0.25, -0.2) is 0 Å². The summed E-state index contributed by atoms with van der Waals surface area (Å²) >= 11 is 0. The van der Waals surface area contributed by atoms with Crippen molar-refractivity contribution in [2.24, 2.45) is 5.10 Å². The molecule has 3 heteroatoms. The first-order valence-electron chi connectivity index (χ1n) is 6.01. The van der Waals surface area contributed by atoms with Crippen molar-refractivity contribution >= 4 is 5.71 Å². The van der Waals surface area contributed by atoms with Gasteiger partial charge in [-0.1, -0.05) is 37.3 Å². The van der Waals surface area contributed by atoms with E-state index in [-0.39, 0.29) is 0 Å². The maximum Gasteiger partial charge on any atom is 0.0698 e. The minimum Gasteiger partial charge on any atom is -0.382 e. The number of nitrogens with zero attached hydrogens (tertiary/aromatic N) is 2. The van der Waals surface area contributed by atoms with Crippen LogP contribution in [0.4, 0.5) is 0 Å². The summed E-state index contributed by atoms with van der Waals surface area (Å²) in [5.41, 5.74) is 2.19. The minimum absolute atomic E-state index is 0.332. The Kier molecular flexibility index (Phi) is 5.70. The molecule has 0 amide bonds. The Balaban J connectivity index is 2.73. The Morgan fingerprint density at radius 3 is 2.53 bits per heavy atom. The lowest BCUT2D eigenvalue weighted by Gasteiger charge is -2.24. The molecular weight excluding hydrogens is 212 g/mol. The molecule has 0 spiro atoms. The average Bonchev–Trinajstić information content (AvgIpc) is 2.36. The highest BCUT2D eigenvalue weighted by atomic mass is 16.5. The first-order valence-corrected chi connectivity index (χ1v) is 6.01. The molecular formula is C14H22N2O. The van der Waals surface area contributed by atoms with Gasteiger partial charge >= 0.3 is 0 Å². The topological polar surface area (TPSA) is 24.8 Å². The first-order chi connectivity index (χ1) is 8.19. The predicted molar refractivity (Wildman–Crippen MR) is 72.4 cm³/mol. The molecule has 0 heterocycles. The highest BCUT2D eigenvalue weighted by Crippen LogP contribution is 2.06. The number of benzene rings is 1. The van der Waals surface area contributed by atoms with Crippen molar-refractivity contribution in [2.45, 2.75) is 26.3 Å². The highest BCUT2D eigenvalue weighted by Gasteiger charge is 2.10. The van der Waals surface area contributed by atoms with Crippen molar-refractivity contribution in [1.82, 2.24) is 5.01 Å². The maximum atomic E-state index is 5.19. The normalized spacial score (nSPS) is 13.5. The second-order valence-electron chi connectivity index (χ2n) is 4.14. The second kappa shape index (κ2) is 7.07. The fourth-order valence-corrected chi connectivity index (χ4v) is 1.74. The van der Waals surface area contributed by atoms with E-state index in [2.05, 4.69) is 24.2 Å². The van der Waals surface area contributed by atoms with Gasteiger partial charge in [-0.15, -0.1) is 0 Å². The molecule has 0 bridgehead atoms. The molecule has 0 fully saturated rings. The largest absolute Gasteiger partial charge is 0.382 e. The fraction of sp³-hybridized carbons (Fsp3) is 0.500. The van der Waals surface area contributed by atoms with E-state index in [1.165, 1.54) is 0 Å². The number of hydrogen-bond donors (Lipinski definition) is 0.